The number of imide groups is 1. The number of carbonyl (C=O) groups excluding carboxylic acids is 3. The molecule has 0 aliphatic carbocycles. The molecule has 0 radical (unpaired) electrons. The van der Waals surface area contributed by atoms with Crippen molar-refractivity contribution in [2.75, 3.05) is 25.0 Å². The summed E-state index contributed by atoms with van der Waals surface area (Å²) in [5.74, 6) is -0.124. The van der Waals surface area contributed by atoms with E-state index in [0.717, 1.165) is 41.7 Å². The van der Waals surface area contributed by atoms with Crippen LogP contribution in [0.15, 0.2) is 42.5 Å². The maximum Gasteiger partial charge on any atom is 0.261 e. The highest BCUT2D eigenvalue weighted by atomic mass is 16.2. The van der Waals surface area contributed by atoms with Crippen LogP contribution in [-0.4, -0.2) is 47.2 Å². The number of anilines is 1. The van der Waals surface area contributed by atoms with Crippen molar-refractivity contribution in [1.29, 1.82) is 0 Å². The maximum absolute atomic E-state index is 12.5. The minimum atomic E-state index is -0.329. The zero-order valence-corrected chi connectivity index (χ0v) is 18.2. The summed E-state index contributed by atoms with van der Waals surface area (Å²) in [6.07, 6.45) is 2.63. The quantitative estimate of drug-likeness (QED) is 0.722. The molecule has 2 heterocycles. The predicted octanol–water partition coefficient (Wildman–Crippen LogP) is 3.85. The first-order chi connectivity index (χ1) is 14.9. The lowest BCUT2D eigenvalue weighted by atomic mass is 10.00. The molecule has 6 nitrogen and oxygen atoms in total. The molecule has 6 heteroatoms. The van der Waals surface area contributed by atoms with Gasteiger partial charge in [-0.15, -0.1) is 0 Å². The van der Waals surface area contributed by atoms with Crippen LogP contribution in [0.1, 0.15) is 58.0 Å². The van der Waals surface area contributed by atoms with Crippen molar-refractivity contribution in [2.45, 2.75) is 39.7 Å². The molecule has 1 N–H and O–H groups in total. The summed E-state index contributed by atoms with van der Waals surface area (Å²) in [5, 5.41) is 2.86. The molecule has 0 aromatic heterocycles. The molecule has 1 saturated heterocycles. The second-order valence-electron chi connectivity index (χ2n) is 8.79. The van der Waals surface area contributed by atoms with Gasteiger partial charge in [-0.05, 0) is 62.1 Å². The van der Waals surface area contributed by atoms with E-state index < -0.39 is 0 Å². The molecule has 2 aliphatic heterocycles. The van der Waals surface area contributed by atoms with Crippen LogP contribution in [0.2, 0.25) is 0 Å². The van der Waals surface area contributed by atoms with E-state index in [1.165, 1.54) is 18.4 Å². The van der Waals surface area contributed by atoms with Crippen LogP contribution in [0.3, 0.4) is 0 Å². The van der Waals surface area contributed by atoms with Crippen molar-refractivity contribution in [2.24, 2.45) is 5.92 Å². The third-order valence-corrected chi connectivity index (χ3v) is 6.07. The number of aryl methyl sites for hydroxylation is 1. The van der Waals surface area contributed by atoms with Crippen molar-refractivity contribution in [3.8, 4) is 0 Å². The minimum absolute atomic E-state index is 0.0673. The molecule has 31 heavy (non-hydrogen) atoms. The molecule has 2 aromatic carbocycles. The molecule has 4 rings (SSSR count). The molecule has 162 valence electrons. The number of amides is 3. The Hall–Kier alpha value is -2.99. The fraction of sp³-hybridized carbons (Fsp3) is 0.400. The Morgan fingerprint density at radius 1 is 1.06 bits per heavy atom. The van der Waals surface area contributed by atoms with Gasteiger partial charge in [0.05, 0.1) is 11.1 Å². The van der Waals surface area contributed by atoms with E-state index in [2.05, 4.69) is 17.1 Å². The van der Waals surface area contributed by atoms with Crippen molar-refractivity contribution < 1.29 is 14.4 Å². The SMILES string of the molecule is Cc1ccc2c(c1)C(=O)N(CCC(=O)Nc1ccc(CN3CCCC(C)C3)cc1)C2=O. The first-order valence-corrected chi connectivity index (χ1v) is 11.0. The van der Waals surface area contributed by atoms with Crippen LogP contribution in [0, 0.1) is 12.8 Å². The van der Waals surface area contributed by atoms with E-state index >= 15 is 0 Å². The van der Waals surface area contributed by atoms with E-state index in [4.69, 9.17) is 0 Å². The molecule has 1 unspecified atom stereocenters. The topological polar surface area (TPSA) is 69.7 Å². The summed E-state index contributed by atoms with van der Waals surface area (Å²) >= 11 is 0. The summed E-state index contributed by atoms with van der Waals surface area (Å²) < 4.78 is 0. The summed E-state index contributed by atoms with van der Waals surface area (Å²) in [5.41, 5.74) is 3.71. The van der Waals surface area contributed by atoms with Gasteiger partial charge in [-0.3, -0.25) is 24.2 Å². The van der Waals surface area contributed by atoms with Crippen LogP contribution in [0.4, 0.5) is 5.69 Å². The molecule has 0 saturated carbocycles. The normalized spacial score (nSPS) is 18.9. The van der Waals surface area contributed by atoms with Crippen LogP contribution < -0.4 is 5.32 Å². The second-order valence-corrected chi connectivity index (χ2v) is 8.79. The molecular weight excluding hydrogens is 390 g/mol. The Labute approximate surface area is 183 Å². The van der Waals surface area contributed by atoms with Gasteiger partial charge in [0.25, 0.3) is 11.8 Å². The van der Waals surface area contributed by atoms with Crippen molar-refractivity contribution >= 4 is 23.4 Å². The third kappa shape index (κ3) is 4.85. The number of rotatable bonds is 6. The Morgan fingerprint density at radius 2 is 1.81 bits per heavy atom. The van der Waals surface area contributed by atoms with Gasteiger partial charge in [-0.25, -0.2) is 0 Å². The van der Waals surface area contributed by atoms with Crippen molar-refractivity contribution in [3.63, 3.8) is 0 Å². The van der Waals surface area contributed by atoms with Gasteiger partial charge in [0.2, 0.25) is 5.91 Å². The van der Waals surface area contributed by atoms with E-state index in [1.54, 1.807) is 12.1 Å². The first-order valence-electron chi connectivity index (χ1n) is 11.0. The number of likely N-dealkylation sites (tertiary alicyclic amines) is 1. The molecule has 0 bridgehead atoms. The molecular formula is C25H29N3O3. The Balaban J connectivity index is 1.28. The smallest absolute Gasteiger partial charge is 0.261 e. The zero-order valence-electron chi connectivity index (χ0n) is 18.2. The number of carbonyl (C=O) groups is 3. The average molecular weight is 420 g/mol. The highest BCUT2D eigenvalue weighted by molar-refractivity contribution is 6.21. The lowest BCUT2D eigenvalue weighted by Crippen LogP contribution is -2.33. The molecule has 1 fully saturated rings. The largest absolute Gasteiger partial charge is 0.326 e. The predicted molar refractivity (Wildman–Crippen MR) is 120 cm³/mol. The first kappa shape index (κ1) is 21.2. The summed E-state index contributed by atoms with van der Waals surface area (Å²) in [4.78, 5) is 41.0. The van der Waals surface area contributed by atoms with E-state index in [0.29, 0.717) is 11.1 Å². The van der Waals surface area contributed by atoms with Crippen LogP contribution in [-0.2, 0) is 11.3 Å². The van der Waals surface area contributed by atoms with Crippen molar-refractivity contribution in [3.05, 3.63) is 64.7 Å². The van der Waals surface area contributed by atoms with Gasteiger partial charge < -0.3 is 5.32 Å². The Morgan fingerprint density at radius 3 is 2.55 bits per heavy atom. The van der Waals surface area contributed by atoms with Gasteiger partial charge in [0.15, 0.2) is 0 Å². The molecule has 2 aromatic rings. The van der Waals surface area contributed by atoms with Gasteiger partial charge in [0, 0.05) is 31.7 Å². The average Bonchev–Trinajstić information content (AvgIpc) is 2.97. The number of hydrogen-bond donors (Lipinski definition) is 1. The minimum Gasteiger partial charge on any atom is -0.326 e. The third-order valence-electron chi connectivity index (χ3n) is 6.07. The summed E-state index contributed by atoms with van der Waals surface area (Å²) in [6, 6.07) is 13.1. The van der Waals surface area contributed by atoms with Gasteiger partial charge in [0.1, 0.15) is 0 Å². The van der Waals surface area contributed by atoms with E-state index in [9.17, 15) is 14.4 Å². The van der Waals surface area contributed by atoms with Crippen molar-refractivity contribution in [1.82, 2.24) is 9.80 Å². The number of hydrogen-bond acceptors (Lipinski definition) is 4. The Bertz CT molecular complexity index is 1000. The monoisotopic (exact) mass is 419 g/mol. The number of nitrogens with zero attached hydrogens (tertiary/aromatic N) is 2. The molecule has 0 spiro atoms. The highest BCUT2D eigenvalue weighted by Gasteiger charge is 2.35. The fourth-order valence-electron chi connectivity index (χ4n) is 4.43. The molecule has 3 amide bonds. The van der Waals surface area contributed by atoms with Crippen LogP contribution in [0.5, 0.6) is 0 Å². The maximum atomic E-state index is 12.5. The zero-order chi connectivity index (χ0) is 22.0. The van der Waals surface area contributed by atoms with Gasteiger partial charge in [-0.2, -0.15) is 0 Å². The van der Waals surface area contributed by atoms with E-state index in [-0.39, 0.29) is 30.7 Å². The van der Waals surface area contributed by atoms with Gasteiger partial charge in [-0.1, -0.05) is 30.7 Å². The van der Waals surface area contributed by atoms with E-state index in [1.807, 2.05) is 37.3 Å². The van der Waals surface area contributed by atoms with Gasteiger partial charge >= 0.3 is 0 Å². The molecule has 2 aliphatic rings. The summed E-state index contributed by atoms with van der Waals surface area (Å²) in [6.45, 7) is 7.45. The lowest BCUT2D eigenvalue weighted by molar-refractivity contribution is -0.116. The number of nitrogens with one attached hydrogen (secondary N) is 1. The van der Waals surface area contributed by atoms with Crippen LogP contribution in [0.25, 0.3) is 0 Å². The lowest BCUT2D eigenvalue weighted by Gasteiger charge is -2.30. The highest BCUT2D eigenvalue weighted by Crippen LogP contribution is 2.24. The second kappa shape index (κ2) is 9.02. The summed E-state index contributed by atoms with van der Waals surface area (Å²) in [7, 11) is 0. The fourth-order valence-corrected chi connectivity index (χ4v) is 4.43. The Kier molecular flexibility index (Phi) is 6.18. The number of benzene rings is 2. The van der Waals surface area contributed by atoms with Crippen LogP contribution >= 0.6 is 0 Å². The molecule has 1 atom stereocenters. The number of piperidine rings is 1. The number of fused-ring (bicyclic) bond motifs is 1. The standard InChI is InChI=1S/C25H29N3O3/c1-17-5-10-21-22(14-17)25(31)28(24(21)30)13-11-23(29)26-20-8-6-19(7-9-20)16-27-12-3-4-18(2)15-27/h5-10,14,18H,3-4,11-13,15-16H2,1-2H3,(H,26,29).